The van der Waals surface area contributed by atoms with Gasteiger partial charge in [0, 0.05) is 19.7 Å². The molecule has 0 radical (unpaired) electrons. The van der Waals surface area contributed by atoms with Gasteiger partial charge in [0.05, 0.1) is 6.20 Å². The number of aryl methyl sites for hydroxylation is 2. The Morgan fingerprint density at radius 1 is 1.56 bits per heavy atom. The van der Waals surface area contributed by atoms with E-state index < -0.39 is 0 Å². The van der Waals surface area contributed by atoms with E-state index in [1.54, 1.807) is 23.0 Å². The van der Waals surface area contributed by atoms with Crippen molar-refractivity contribution >= 4 is 17.4 Å². The first-order valence-electron chi connectivity index (χ1n) is 4.91. The quantitative estimate of drug-likeness (QED) is 0.769. The standard InChI is InChI=1S/C11H11ClN2O2/c1-14-7-8(6-13-14)2-3-9(15)10-4-5-11(12)16-10/h4-7H,2-3H2,1H3. The minimum atomic E-state index is -0.0456. The minimum absolute atomic E-state index is 0.0456. The molecule has 0 spiro atoms. The number of Topliss-reactive ketones (excluding diaryl/α,β-unsaturated/α-hetero) is 1. The molecule has 0 aliphatic rings. The SMILES string of the molecule is Cn1cc(CCC(=O)c2ccc(Cl)o2)cn1. The van der Waals surface area contributed by atoms with E-state index in [-0.39, 0.29) is 11.0 Å². The molecule has 0 saturated carbocycles. The number of nitrogens with zero attached hydrogens (tertiary/aromatic N) is 2. The fraction of sp³-hybridized carbons (Fsp3) is 0.273. The number of carbonyl (C=O) groups is 1. The number of aromatic nitrogens is 2. The molecule has 84 valence electrons. The molecule has 0 aliphatic heterocycles. The molecule has 2 aromatic rings. The van der Waals surface area contributed by atoms with Crippen molar-refractivity contribution in [3.05, 3.63) is 41.1 Å². The maximum atomic E-state index is 11.7. The van der Waals surface area contributed by atoms with Crippen LogP contribution in [0.25, 0.3) is 0 Å². The van der Waals surface area contributed by atoms with Gasteiger partial charge >= 0.3 is 0 Å². The molecule has 4 nitrogen and oxygen atoms in total. The summed E-state index contributed by atoms with van der Waals surface area (Å²) in [5.74, 6) is 0.268. The third-order valence-electron chi connectivity index (χ3n) is 2.25. The van der Waals surface area contributed by atoms with Gasteiger partial charge in [-0.3, -0.25) is 9.48 Å². The van der Waals surface area contributed by atoms with Gasteiger partial charge in [-0.25, -0.2) is 0 Å². The van der Waals surface area contributed by atoms with Crippen LogP contribution in [0.5, 0.6) is 0 Å². The summed E-state index contributed by atoms with van der Waals surface area (Å²) < 4.78 is 6.75. The zero-order valence-corrected chi connectivity index (χ0v) is 9.57. The lowest BCUT2D eigenvalue weighted by molar-refractivity contribution is 0.0956. The molecule has 0 bridgehead atoms. The molecule has 5 heteroatoms. The van der Waals surface area contributed by atoms with E-state index in [1.165, 1.54) is 0 Å². The fourth-order valence-corrected chi connectivity index (χ4v) is 1.59. The lowest BCUT2D eigenvalue weighted by Crippen LogP contribution is -1.99. The highest BCUT2D eigenvalue weighted by atomic mass is 35.5. The van der Waals surface area contributed by atoms with Crippen LogP contribution in [-0.4, -0.2) is 15.6 Å². The lowest BCUT2D eigenvalue weighted by atomic mass is 10.1. The Hall–Kier alpha value is -1.55. The van der Waals surface area contributed by atoms with Gasteiger partial charge in [-0.05, 0) is 35.7 Å². The third-order valence-corrected chi connectivity index (χ3v) is 2.45. The van der Waals surface area contributed by atoms with E-state index in [4.69, 9.17) is 16.0 Å². The van der Waals surface area contributed by atoms with Crippen LogP contribution in [0.4, 0.5) is 0 Å². The number of rotatable bonds is 4. The second-order valence-corrected chi connectivity index (χ2v) is 3.92. The summed E-state index contributed by atoms with van der Waals surface area (Å²) in [4.78, 5) is 11.7. The normalized spacial score (nSPS) is 10.6. The molecule has 16 heavy (non-hydrogen) atoms. The average molecular weight is 239 g/mol. The predicted molar refractivity (Wildman–Crippen MR) is 59.6 cm³/mol. The first-order chi connectivity index (χ1) is 7.65. The van der Waals surface area contributed by atoms with Crippen molar-refractivity contribution in [3.63, 3.8) is 0 Å². The molecule has 0 unspecified atom stereocenters. The van der Waals surface area contributed by atoms with E-state index in [0.717, 1.165) is 5.56 Å². The second kappa shape index (κ2) is 4.53. The average Bonchev–Trinajstić information content (AvgIpc) is 2.84. The molecule has 2 rings (SSSR count). The summed E-state index contributed by atoms with van der Waals surface area (Å²) in [5, 5.41) is 4.27. The smallest absolute Gasteiger partial charge is 0.198 e. The van der Waals surface area contributed by atoms with Gasteiger partial charge in [0.25, 0.3) is 0 Å². The fourth-order valence-electron chi connectivity index (χ4n) is 1.45. The highest BCUT2D eigenvalue weighted by molar-refractivity contribution is 6.29. The van der Waals surface area contributed by atoms with E-state index in [2.05, 4.69) is 5.10 Å². The molecule has 2 aromatic heterocycles. The second-order valence-electron chi connectivity index (χ2n) is 3.55. The molecule has 0 fully saturated rings. The van der Waals surface area contributed by atoms with Gasteiger partial charge < -0.3 is 4.42 Å². The summed E-state index contributed by atoms with van der Waals surface area (Å²) in [6, 6.07) is 3.16. The van der Waals surface area contributed by atoms with Gasteiger partial charge in [0.1, 0.15) is 0 Å². The summed E-state index contributed by atoms with van der Waals surface area (Å²) in [7, 11) is 1.84. The maximum Gasteiger partial charge on any atom is 0.198 e. The predicted octanol–water partition coefficient (Wildman–Crippen LogP) is 2.48. The van der Waals surface area contributed by atoms with Crippen LogP contribution in [0.2, 0.25) is 5.22 Å². The highest BCUT2D eigenvalue weighted by Gasteiger charge is 2.10. The zero-order chi connectivity index (χ0) is 11.5. The molecule has 0 aliphatic carbocycles. The van der Waals surface area contributed by atoms with Crippen LogP contribution in [0.15, 0.2) is 28.9 Å². The molecule has 0 amide bonds. The third kappa shape index (κ3) is 2.52. The molecule has 0 aromatic carbocycles. The number of carbonyl (C=O) groups excluding carboxylic acids is 1. The van der Waals surface area contributed by atoms with Crippen molar-refractivity contribution in [3.8, 4) is 0 Å². The first kappa shape index (κ1) is 11.0. The van der Waals surface area contributed by atoms with Crippen molar-refractivity contribution in [1.29, 1.82) is 0 Å². The molecule has 2 heterocycles. The van der Waals surface area contributed by atoms with Crippen molar-refractivity contribution in [2.24, 2.45) is 7.05 Å². The topological polar surface area (TPSA) is 48.0 Å². The van der Waals surface area contributed by atoms with Crippen LogP contribution < -0.4 is 0 Å². The van der Waals surface area contributed by atoms with E-state index in [9.17, 15) is 4.79 Å². The van der Waals surface area contributed by atoms with E-state index in [0.29, 0.717) is 18.6 Å². The number of ketones is 1. The summed E-state index contributed by atoms with van der Waals surface area (Å²) in [5.41, 5.74) is 1.04. The summed E-state index contributed by atoms with van der Waals surface area (Å²) in [6.07, 6.45) is 4.70. The molecular formula is C11H11ClN2O2. The highest BCUT2D eigenvalue weighted by Crippen LogP contribution is 2.15. The Morgan fingerprint density at radius 3 is 2.94 bits per heavy atom. The number of halogens is 1. The van der Waals surface area contributed by atoms with Crippen molar-refractivity contribution in [2.75, 3.05) is 0 Å². The van der Waals surface area contributed by atoms with Gasteiger partial charge in [0.2, 0.25) is 0 Å². The van der Waals surface area contributed by atoms with Crippen molar-refractivity contribution < 1.29 is 9.21 Å². The van der Waals surface area contributed by atoms with Crippen LogP contribution >= 0.6 is 11.6 Å². The van der Waals surface area contributed by atoms with Crippen molar-refractivity contribution in [2.45, 2.75) is 12.8 Å². The van der Waals surface area contributed by atoms with Crippen LogP contribution in [0.3, 0.4) is 0 Å². The summed E-state index contributed by atoms with van der Waals surface area (Å²) >= 11 is 5.59. The van der Waals surface area contributed by atoms with Crippen LogP contribution in [-0.2, 0) is 13.5 Å². The Kier molecular flexibility index (Phi) is 3.10. The number of furan rings is 1. The van der Waals surface area contributed by atoms with E-state index >= 15 is 0 Å². The summed E-state index contributed by atoms with van der Waals surface area (Å²) in [6.45, 7) is 0. The van der Waals surface area contributed by atoms with Crippen LogP contribution in [0, 0.1) is 0 Å². The molecule has 0 atom stereocenters. The van der Waals surface area contributed by atoms with E-state index in [1.807, 2.05) is 13.2 Å². The lowest BCUT2D eigenvalue weighted by Gasteiger charge is -1.95. The number of hydrogen-bond donors (Lipinski definition) is 0. The van der Waals surface area contributed by atoms with Gasteiger partial charge in [-0.1, -0.05) is 0 Å². The van der Waals surface area contributed by atoms with Gasteiger partial charge in [-0.2, -0.15) is 5.10 Å². The molecule has 0 N–H and O–H groups in total. The Morgan fingerprint density at radius 2 is 2.38 bits per heavy atom. The maximum absolute atomic E-state index is 11.7. The molecular weight excluding hydrogens is 228 g/mol. The Bertz CT molecular complexity index is 502. The van der Waals surface area contributed by atoms with Gasteiger partial charge in [-0.15, -0.1) is 0 Å². The largest absolute Gasteiger partial charge is 0.442 e. The monoisotopic (exact) mass is 238 g/mol. The Balaban J connectivity index is 1.93. The van der Waals surface area contributed by atoms with Crippen molar-refractivity contribution in [1.82, 2.24) is 9.78 Å². The van der Waals surface area contributed by atoms with Crippen LogP contribution in [0.1, 0.15) is 22.5 Å². The van der Waals surface area contributed by atoms with Gasteiger partial charge in [0.15, 0.2) is 16.8 Å². The zero-order valence-electron chi connectivity index (χ0n) is 8.81. The minimum Gasteiger partial charge on any atom is -0.442 e. The Labute approximate surface area is 97.8 Å². The first-order valence-corrected chi connectivity index (χ1v) is 5.29. The number of hydrogen-bond acceptors (Lipinski definition) is 3. The molecule has 0 saturated heterocycles.